The molecule has 37 heavy (non-hydrogen) atoms. The number of aliphatic imine (C=N–C) groups is 1. The van der Waals surface area contributed by atoms with Crippen LogP contribution in [-0.2, 0) is 0 Å². The Balaban J connectivity index is 1.75. The fraction of sp³-hybridized carbons (Fsp3) is 0.161. The number of anilines is 1. The molecule has 0 saturated heterocycles. The van der Waals surface area contributed by atoms with Crippen LogP contribution in [0.1, 0.15) is 28.1 Å². The Morgan fingerprint density at radius 2 is 1.92 bits per heavy atom. The molecule has 2 aromatic heterocycles. The van der Waals surface area contributed by atoms with Crippen molar-refractivity contribution in [1.82, 2.24) is 15.3 Å². The van der Waals surface area contributed by atoms with Crippen LogP contribution in [0.25, 0.3) is 11.1 Å². The lowest BCUT2D eigenvalue weighted by molar-refractivity contribution is 0.627. The van der Waals surface area contributed by atoms with Crippen LogP contribution in [0.5, 0.6) is 0 Å². The van der Waals surface area contributed by atoms with Crippen molar-refractivity contribution in [1.29, 1.82) is 0 Å². The van der Waals surface area contributed by atoms with Gasteiger partial charge in [0, 0.05) is 66.7 Å². The molecular weight excluding hydrogens is 461 g/mol. The van der Waals surface area contributed by atoms with Gasteiger partial charge in [0.15, 0.2) is 0 Å². The van der Waals surface area contributed by atoms with E-state index in [1.54, 1.807) is 18.2 Å². The van der Waals surface area contributed by atoms with Crippen molar-refractivity contribution in [3.63, 3.8) is 0 Å². The van der Waals surface area contributed by atoms with Crippen molar-refractivity contribution in [2.24, 2.45) is 4.99 Å². The Morgan fingerprint density at radius 1 is 1.16 bits per heavy atom. The average Bonchev–Trinajstić information content (AvgIpc) is 3.15. The van der Waals surface area contributed by atoms with Crippen LogP contribution in [0.2, 0.25) is 0 Å². The molecule has 188 valence electrons. The summed E-state index contributed by atoms with van der Waals surface area (Å²) in [5.41, 5.74) is 10.3. The van der Waals surface area contributed by atoms with Crippen LogP contribution >= 0.6 is 0 Å². The molecule has 0 spiro atoms. The molecule has 1 aliphatic heterocycles. The summed E-state index contributed by atoms with van der Waals surface area (Å²) in [6.07, 6.45) is 11.5. The molecule has 2 N–H and O–H groups in total. The largest absolute Gasteiger partial charge is 0.388 e. The second kappa shape index (κ2) is 11.1. The lowest BCUT2D eigenvalue weighted by atomic mass is 9.95. The van der Waals surface area contributed by atoms with E-state index in [1.165, 1.54) is 12.1 Å². The first kappa shape index (κ1) is 25.6. The smallest absolute Gasteiger partial charge is 0.123 e. The van der Waals surface area contributed by atoms with Gasteiger partial charge in [0.05, 0.1) is 24.1 Å². The van der Waals surface area contributed by atoms with Gasteiger partial charge < -0.3 is 15.2 Å². The van der Waals surface area contributed by atoms with E-state index in [9.17, 15) is 4.39 Å². The average molecular weight is 494 g/mol. The van der Waals surface area contributed by atoms with Crippen LogP contribution < -0.4 is 10.2 Å². The predicted molar refractivity (Wildman–Crippen MR) is 153 cm³/mol. The number of hydrogen-bond acceptors (Lipinski definition) is 4. The summed E-state index contributed by atoms with van der Waals surface area (Å²) in [6, 6.07) is 10.7. The van der Waals surface area contributed by atoms with Crippen LogP contribution in [0.15, 0.2) is 103 Å². The summed E-state index contributed by atoms with van der Waals surface area (Å²) >= 11 is 0. The normalized spacial score (nSPS) is 13.8. The number of nitrogens with zero attached hydrogens (tertiary/aromatic N) is 3. The topological polar surface area (TPSA) is 56.3 Å². The van der Waals surface area contributed by atoms with Gasteiger partial charge in [-0.25, -0.2) is 4.39 Å². The predicted octanol–water partition coefficient (Wildman–Crippen LogP) is 6.09. The molecular formula is C31H32FN5. The van der Waals surface area contributed by atoms with E-state index >= 15 is 0 Å². The summed E-state index contributed by atoms with van der Waals surface area (Å²) in [5, 5.41) is 3.30. The third-order valence-corrected chi connectivity index (χ3v) is 6.33. The van der Waals surface area contributed by atoms with Gasteiger partial charge in [-0.2, -0.15) is 0 Å². The lowest BCUT2D eigenvalue weighted by Crippen LogP contribution is -2.12. The quantitative estimate of drug-likeness (QED) is 0.374. The molecule has 3 heterocycles. The summed E-state index contributed by atoms with van der Waals surface area (Å²) in [6.45, 7) is 10.9. The van der Waals surface area contributed by atoms with Crippen molar-refractivity contribution >= 4 is 22.5 Å². The van der Waals surface area contributed by atoms with E-state index < -0.39 is 0 Å². The van der Waals surface area contributed by atoms with Crippen LogP contribution in [0.3, 0.4) is 0 Å². The van der Waals surface area contributed by atoms with Crippen LogP contribution in [0, 0.1) is 12.7 Å². The Morgan fingerprint density at radius 3 is 2.59 bits per heavy atom. The zero-order valence-electron chi connectivity index (χ0n) is 21.8. The van der Waals surface area contributed by atoms with Gasteiger partial charge in [-0.15, -0.1) is 0 Å². The maximum Gasteiger partial charge on any atom is 0.123 e. The first-order chi connectivity index (χ1) is 17.8. The number of hydrogen-bond donors (Lipinski definition) is 2. The highest BCUT2D eigenvalue weighted by molar-refractivity contribution is 6.11. The lowest BCUT2D eigenvalue weighted by Gasteiger charge is -2.15. The fourth-order valence-corrected chi connectivity index (χ4v) is 4.31. The number of rotatable bonds is 8. The first-order valence-corrected chi connectivity index (χ1v) is 12.1. The molecule has 0 fully saturated rings. The second-order valence-electron chi connectivity index (χ2n) is 9.00. The van der Waals surface area contributed by atoms with Gasteiger partial charge in [0.25, 0.3) is 0 Å². The summed E-state index contributed by atoms with van der Waals surface area (Å²) in [5.74, 6) is -0.267. The van der Waals surface area contributed by atoms with Gasteiger partial charge in [0.1, 0.15) is 5.82 Å². The summed E-state index contributed by atoms with van der Waals surface area (Å²) in [4.78, 5) is 14.7. The monoisotopic (exact) mass is 493 g/mol. The first-order valence-electron chi connectivity index (χ1n) is 12.1. The molecule has 6 heteroatoms. The number of aromatic amines is 1. The maximum atomic E-state index is 13.6. The highest BCUT2D eigenvalue weighted by atomic mass is 19.1. The molecule has 0 atom stereocenters. The molecule has 1 aromatic carbocycles. The van der Waals surface area contributed by atoms with Gasteiger partial charge in [-0.05, 0) is 54.5 Å². The van der Waals surface area contributed by atoms with E-state index in [-0.39, 0.29) is 5.82 Å². The fourth-order valence-electron chi connectivity index (χ4n) is 4.31. The van der Waals surface area contributed by atoms with E-state index in [2.05, 4.69) is 52.7 Å². The Kier molecular flexibility index (Phi) is 7.68. The molecule has 0 saturated carbocycles. The molecule has 4 rings (SSSR count). The molecule has 0 amide bonds. The van der Waals surface area contributed by atoms with Crippen molar-refractivity contribution in [3.8, 4) is 0 Å². The van der Waals surface area contributed by atoms with Crippen molar-refractivity contribution in [2.75, 3.05) is 32.6 Å². The minimum absolute atomic E-state index is 0.267. The third-order valence-electron chi connectivity index (χ3n) is 6.33. The van der Waals surface area contributed by atoms with Gasteiger partial charge in [0.2, 0.25) is 0 Å². The number of pyridine rings is 1. The number of nitrogens with one attached hydrogen (secondary N) is 2. The standard InChI is InChI=1S/C31H32FN5/c1-7-8-26(22-9-11-24(32)12-10-22)28-17-30(36-21(28)3)20(2)27-16-31(35-14-13-29(27)33-4)23-15-25(37(5)6)19-34-18-23/h7-13,15-19,33,36H,1-2,14H2,3-6H3/b26-8-. The number of H-pyrrole nitrogens is 1. The second-order valence-corrected chi connectivity index (χ2v) is 9.00. The molecule has 0 aliphatic carbocycles. The minimum Gasteiger partial charge on any atom is -0.388 e. The van der Waals surface area contributed by atoms with Crippen molar-refractivity contribution in [3.05, 3.63) is 131 Å². The van der Waals surface area contributed by atoms with E-state index in [0.29, 0.717) is 6.54 Å². The molecule has 5 nitrogen and oxygen atoms in total. The zero-order chi connectivity index (χ0) is 26.5. The SMILES string of the molecule is C=C/C=C(/c1ccc(F)cc1)c1cc(C(=C)C2=CC(c3cncc(N(C)C)c3)=NCC=C2NC)[nH]c1C. The number of allylic oxidation sites excluding steroid dienone is 4. The molecule has 3 aromatic rings. The van der Waals surface area contributed by atoms with Crippen molar-refractivity contribution < 1.29 is 4.39 Å². The number of aromatic nitrogens is 2. The van der Waals surface area contributed by atoms with E-state index in [4.69, 9.17) is 4.99 Å². The molecule has 0 bridgehead atoms. The maximum absolute atomic E-state index is 13.6. The highest BCUT2D eigenvalue weighted by Gasteiger charge is 2.19. The third kappa shape index (κ3) is 5.54. The Bertz CT molecular complexity index is 1450. The number of benzene rings is 1. The number of halogens is 1. The van der Waals surface area contributed by atoms with Crippen LogP contribution in [-0.4, -0.2) is 43.4 Å². The number of likely N-dealkylation sites (N-methyl/N-ethyl adjacent to an activating group) is 1. The summed E-state index contributed by atoms with van der Waals surface area (Å²) < 4.78 is 13.6. The highest BCUT2D eigenvalue weighted by Crippen LogP contribution is 2.33. The van der Waals surface area contributed by atoms with Gasteiger partial charge >= 0.3 is 0 Å². The number of aryl methyl sites for hydroxylation is 1. The Labute approximate surface area is 218 Å². The minimum atomic E-state index is -0.267. The molecule has 0 unspecified atom stereocenters. The van der Waals surface area contributed by atoms with E-state index in [0.717, 1.165) is 61.9 Å². The van der Waals surface area contributed by atoms with Crippen molar-refractivity contribution in [2.45, 2.75) is 6.92 Å². The Hall–Kier alpha value is -4.45. The zero-order valence-corrected chi connectivity index (χ0v) is 21.8. The molecule has 0 radical (unpaired) electrons. The molecule has 1 aliphatic rings. The van der Waals surface area contributed by atoms with Gasteiger partial charge in [-0.1, -0.05) is 37.4 Å². The van der Waals surface area contributed by atoms with Crippen LogP contribution in [0.4, 0.5) is 10.1 Å². The van der Waals surface area contributed by atoms with Gasteiger partial charge in [-0.3, -0.25) is 9.98 Å². The summed E-state index contributed by atoms with van der Waals surface area (Å²) in [7, 11) is 5.88. The van der Waals surface area contributed by atoms with E-state index in [1.807, 2.05) is 51.4 Å².